The fourth-order valence-electron chi connectivity index (χ4n) is 1.71. The lowest BCUT2D eigenvalue weighted by Gasteiger charge is -2.22. The number of carbonyl (C=O) groups excluding carboxylic acids is 1. The third kappa shape index (κ3) is 5.61. The summed E-state index contributed by atoms with van der Waals surface area (Å²) in [5.74, 6) is -0.444. The van der Waals surface area contributed by atoms with Crippen molar-refractivity contribution in [2.45, 2.75) is 26.6 Å². The number of aryl methyl sites for hydroxylation is 1. The molecule has 1 rings (SSSR count). The van der Waals surface area contributed by atoms with Gasteiger partial charge in [-0.05, 0) is 25.0 Å². The minimum Gasteiger partial charge on any atom is -0.362 e. The van der Waals surface area contributed by atoms with Crippen LogP contribution < -0.4 is 0 Å². The highest BCUT2D eigenvalue weighted by atomic mass is 19.4. The molecule has 0 heterocycles. The summed E-state index contributed by atoms with van der Waals surface area (Å²) in [6.45, 7) is 2.54. The van der Waals surface area contributed by atoms with Crippen LogP contribution in [-0.2, 0) is 16.1 Å². The van der Waals surface area contributed by atoms with E-state index in [0.29, 0.717) is 13.1 Å². The topological polar surface area (TPSA) is 29.5 Å². The molecule has 0 atom stereocenters. The smallest absolute Gasteiger partial charge is 0.362 e. The molecule has 0 spiro atoms. The Kier molecular flexibility index (Phi) is 6.01. The number of halogens is 3. The summed E-state index contributed by atoms with van der Waals surface area (Å²) < 4.78 is 40.2. The van der Waals surface area contributed by atoms with Crippen molar-refractivity contribution >= 4 is 5.91 Å². The van der Waals surface area contributed by atoms with Gasteiger partial charge in [-0.1, -0.05) is 24.3 Å². The van der Waals surface area contributed by atoms with E-state index in [1.165, 1.54) is 4.90 Å². The van der Waals surface area contributed by atoms with Gasteiger partial charge in [-0.15, -0.1) is 0 Å². The molecule has 1 aromatic rings. The molecule has 1 amide bonds. The molecular weight excluding hydrogens is 271 g/mol. The Morgan fingerprint density at radius 3 is 2.50 bits per heavy atom. The number of benzene rings is 1. The summed E-state index contributed by atoms with van der Waals surface area (Å²) in [6.07, 6.45) is -4.41. The van der Waals surface area contributed by atoms with Crippen LogP contribution in [0.5, 0.6) is 0 Å². The molecule has 0 saturated heterocycles. The normalized spacial score (nSPS) is 11.4. The third-order valence-electron chi connectivity index (χ3n) is 2.85. The maximum atomic E-state index is 11.9. The van der Waals surface area contributed by atoms with Crippen molar-refractivity contribution in [1.82, 2.24) is 4.90 Å². The molecule has 6 heteroatoms. The van der Waals surface area contributed by atoms with E-state index >= 15 is 0 Å². The van der Waals surface area contributed by atoms with Crippen LogP contribution in [0.1, 0.15) is 18.1 Å². The van der Waals surface area contributed by atoms with Gasteiger partial charge in [0.2, 0.25) is 5.91 Å². The van der Waals surface area contributed by atoms with E-state index < -0.39 is 25.3 Å². The quantitative estimate of drug-likeness (QED) is 0.806. The molecule has 0 aliphatic rings. The molecule has 0 saturated carbocycles. The number of hydrogen-bond acceptors (Lipinski definition) is 2. The van der Waals surface area contributed by atoms with Gasteiger partial charge in [0.15, 0.2) is 0 Å². The van der Waals surface area contributed by atoms with Crippen LogP contribution in [0.4, 0.5) is 13.2 Å². The third-order valence-corrected chi connectivity index (χ3v) is 2.85. The summed E-state index contributed by atoms with van der Waals surface area (Å²) >= 11 is 0. The first-order valence-corrected chi connectivity index (χ1v) is 6.30. The average molecular weight is 289 g/mol. The second-order valence-corrected chi connectivity index (χ2v) is 4.44. The highest BCUT2D eigenvalue weighted by molar-refractivity contribution is 5.77. The molecule has 112 valence electrons. The molecule has 0 aliphatic carbocycles. The average Bonchev–Trinajstić information content (AvgIpc) is 2.36. The molecule has 3 nitrogen and oxygen atoms in total. The van der Waals surface area contributed by atoms with Gasteiger partial charge in [0.05, 0.1) is 0 Å². The summed E-state index contributed by atoms with van der Waals surface area (Å²) in [7, 11) is 0. The standard InChI is InChI=1S/C14H18F3NO2/c1-3-18(8-12-7-5-4-6-11(12)2)13(19)9-20-10-14(15,16)17/h4-7H,3,8-10H2,1-2H3. The molecule has 0 fully saturated rings. The van der Waals surface area contributed by atoms with Crippen molar-refractivity contribution in [2.24, 2.45) is 0 Å². The second kappa shape index (κ2) is 7.28. The van der Waals surface area contributed by atoms with E-state index in [-0.39, 0.29) is 0 Å². The summed E-state index contributed by atoms with van der Waals surface area (Å²) in [4.78, 5) is 13.3. The number of alkyl halides is 3. The Bertz CT molecular complexity index is 446. The zero-order valence-corrected chi connectivity index (χ0v) is 11.5. The monoisotopic (exact) mass is 289 g/mol. The maximum Gasteiger partial charge on any atom is 0.411 e. The molecule has 1 aromatic carbocycles. The fourth-order valence-corrected chi connectivity index (χ4v) is 1.71. The molecule has 0 bridgehead atoms. The first-order chi connectivity index (χ1) is 9.33. The highest BCUT2D eigenvalue weighted by Gasteiger charge is 2.28. The van der Waals surface area contributed by atoms with Crippen molar-refractivity contribution in [1.29, 1.82) is 0 Å². The Balaban J connectivity index is 2.54. The molecule has 0 aromatic heterocycles. The van der Waals surface area contributed by atoms with Crippen LogP contribution in [0, 0.1) is 6.92 Å². The van der Waals surface area contributed by atoms with Crippen LogP contribution in [0.3, 0.4) is 0 Å². The lowest BCUT2D eigenvalue weighted by atomic mass is 10.1. The van der Waals surface area contributed by atoms with Gasteiger partial charge < -0.3 is 9.64 Å². The van der Waals surface area contributed by atoms with Gasteiger partial charge in [0.25, 0.3) is 0 Å². The Morgan fingerprint density at radius 1 is 1.30 bits per heavy atom. The van der Waals surface area contributed by atoms with Crippen molar-refractivity contribution in [3.8, 4) is 0 Å². The van der Waals surface area contributed by atoms with Crippen LogP contribution in [0.15, 0.2) is 24.3 Å². The number of rotatable bonds is 6. The Morgan fingerprint density at radius 2 is 1.95 bits per heavy atom. The predicted octanol–water partition coefficient (Wildman–Crippen LogP) is 2.92. The Hall–Kier alpha value is -1.56. The summed E-state index contributed by atoms with van der Waals surface area (Å²) in [5.41, 5.74) is 2.01. The fraction of sp³-hybridized carbons (Fsp3) is 0.500. The largest absolute Gasteiger partial charge is 0.411 e. The first kappa shape index (κ1) is 16.5. The molecule has 20 heavy (non-hydrogen) atoms. The number of amides is 1. The number of carbonyl (C=O) groups is 1. The van der Waals surface area contributed by atoms with Crippen molar-refractivity contribution < 1.29 is 22.7 Å². The SMILES string of the molecule is CCN(Cc1ccccc1C)C(=O)COCC(F)(F)F. The van der Waals surface area contributed by atoms with Gasteiger partial charge in [-0.3, -0.25) is 4.79 Å². The number of likely N-dealkylation sites (N-methyl/N-ethyl adjacent to an activating group) is 1. The number of nitrogens with zero attached hydrogens (tertiary/aromatic N) is 1. The second-order valence-electron chi connectivity index (χ2n) is 4.44. The van der Waals surface area contributed by atoms with E-state index in [4.69, 9.17) is 0 Å². The highest BCUT2D eigenvalue weighted by Crippen LogP contribution is 2.15. The summed E-state index contributed by atoms with van der Waals surface area (Å²) in [6, 6.07) is 7.57. The minimum absolute atomic E-state index is 0.372. The van der Waals surface area contributed by atoms with Crippen LogP contribution in [0.2, 0.25) is 0 Å². The Labute approximate surface area is 116 Å². The molecule has 0 radical (unpaired) electrons. The molecule has 0 aliphatic heterocycles. The lowest BCUT2D eigenvalue weighted by Crippen LogP contribution is -2.34. The lowest BCUT2D eigenvalue weighted by molar-refractivity contribution is -0.177. The van der Waals surface area contributed by atoms with E-state index in [0.717, 1.165) is 11.1 Å². The van der Waals surface area contributed by atoms with Gasteiger partial charge >= 0.3 is 6.18 Å². The molecule has 0 N–H and O–H groups in total. The minimum atomic E-state index is -4.41. The van der Waals surface area contributed by atoms with Crippen molar-refractivity contribution in [3.05, 3.63) is 35.4 Å². The van der Waals surface area contributed by atoms with Gasteiger partial charge in [-0.25, -0.2) is 0 Å². The predicted molar refractivity (Wildman–Crippen MR) is 69.1 cm³/mol. The first-order valence-electron chi connectivity index (χ1n) is 6.30. The van der Waals surface area contributed by atoms with Gasteiger partial charge in [0, 0.05) is 13.1 Å². The van der Waals surface area contributed by atoms with Gasteiger partial charge in [-0.2, -0.15) is 13.2 Å². The molecule has 0 unspecified atom stereocenters. The zero-order chi connectivity index (χ0) is 15.2. The maximum absolute atomic E-state index is 11.9. The van der Waals surface area contributed by atoms with E-state index in [1.807, 2.05) is 31.2 Å². The van der Waals surface area contributed by atoms with E-state index in [1.54, 1.807) is 6.92 Å². The van der Waals surface area contributed by atoms with Crippen LogP contribution >= 0.6 is 0 Å². The summed E-state index contributed by atoms with van der Waals surface area (Å²) in [5, 5.41) is 0. The van der Waals surface area contributed by atoms with E-state index in [2.05, 4.69) is 4.74 Å². The molecular formula is C14H18F3NO2. The zero-order valence-electron chi connectivity index (χ0n) is 11.5. The van der Waals surface area contributed by atoms with E-state index in [9.17, 15) is 18.0 Å². The number of hydrogen-bond donors (Lipinski definition) is 0. The number of ether oxygens (including phenoxy) is 1. The van der Waals surface area contributed by atoms with Gasteiger partial charge in [0.1, 0.15) is 13.2 Å². The van der Waals surface area contributed by atoms with Crippen LogP contribution in [-0.4, -0.2) is 36.7 Å². The van der Waals surface area contributed by atoms with Crippen molar-refractivity contribution in [3.63, 3.8) is 0 Å². The van der Waals surface area contributed by atoms with Crippen LogP contribution in [0.25, 0.3) is 0 Å². The van der Waals surface area contributed by atoms with Crippen molar-refractivity contribution in [2.75, 3.05) is 19.8 Å².